The highest BCUT2D eigenvalue weighted by atomic mass is 35.5. The van der Waals surface area contributed by atoms with Crippen molar-refractivity contribution in [2.24, 2.45) is 12.1 Å². The molecule has 0 radical (unpaired) electrons. The van der Waals surface area contributed by atoms with Crippen molar-refractivity contribution < 1.29 is 14.3 Å². The van der Waals surface area contributed by atoms with Crippen LogP contribution in [0.4, 0.5) is 0 Å². The van der Waals surface area contributed by atoms with Crippen LogP contribution in [-0.4, -0.2) is 35.2 Å². The van der Waals surface area contributed by atoms with Gasteiger partial charge in [-0.3, -0.25) is 9.59 Å². The second kappa shape index (κ2) is 13.3. The Morgan fingerprint density at radius 2 is 1.79 bits per heavy atom. The molecule has 1 aromatic heterocycles. The molecule has 0 bridgehead atoms. The number of amides is 2. The Morgan fingerprint density at radius 1 is 1.05 bits per heavy atom. The topological polar surface area (TPSA) is 84.7 Å². The lowest BCUT2D eigenvalue weighted by Crippen LogP contribution is -2.46. The molecule has 7 nitrogen and oxygen atoms in total. The summed E-state index contributed by atoms with van der Waals surface area (Å²) < 4.78 is 7.74. The summed E-state index contributed by atoms with van der Waals surface area (Å²) in [5.74, 6) is -0.154. The number of nitrogens with zero attached hydrogens (tertiary/aromatic N) is 2. The maximum absolute atomic E-state index is 13.1. The molecule has 0 aliphatic rings. The number of aryl methyl sites for hydroxylation is 1. The Balaban J connectivity index is 1.37. The SMILES string of the molecule is Cc1c(/C=N\NC(=O)[C@@H](Cc2ccccc2)NC(=O)CCCOc2ccc(Cl)cc2Cl)c2ccccc2n1C. The molecule has 0 spiro atoms. The fraction of sp³-hybridized carbons (Fsp3) is 0.233. The summed E-state index contributed by atoms with van der Waals surface area (Å²) in [6.45, 7) is 2.30. The number of carbonyl (C=O) groups is 2. The van der Waals surface area contributed by atoms with Crippen LogP contribution in [0.1, 0.15) is 29.7 Å². The molecular formula is C30H30Cl2N4O3. The van der Waals surface area contributed by atoms with Crippen molar-refractivity contribution in [3.05, 3.63) is 99.7 Å². The van der Waals surface area contributed by atoms with E-state index in [0.717, 1.165) is 27.7 Å². The number of aromatic nitrogens is 1. The molecule has 1 heterocycles. The predicted octanol–water partition coefficient (Wildman–Crippen LogP) is 5.83. The number of carbonyl (C=O) groups excluding carboxylic acids is 2. The predicted molar refractivity (Wildman–Crippen MR) is 157 cm³/mol. The molecule has 0 fully saturated rings. The van der Waals surface area contributed by atoms with Gasteiger partial charge in [0.2, 0.25) is 5.91 Å². The van der Waals surface area contributed by atoms with Gasteiger partial charge in [0, 0.05) is 47.1 Å². The quantitative estimate of drug-likeness (QED) is 0.136. The standard InChI is InChI=1S/C30H30Cl2N4O3/c1-20-24(23-11-6-7-12-27(23)36(20)2)19-33-35-30(38)26(17-21-9-4-3-5-10-21)34-29(37)13-8-16-39-28-15-14-22(31)18-25(28)32/h3-7,9-12,14-15,18-19,26H,8,13,16-17H2,1-2H3,(H,34,37)(H,35,38)/b33-19-/t26-/m1/s1. The number of nitrogens with one attached hydrogen (secondary N) is 2. The summed E-state index contributed by atoms with van der Waals surface area (Å²) in [5, 5.41) is 9.05. The van der Waals surface area contributed by atoms with Crippen molar-refractivity contribution >= 4 is 52.1 Å². The van der Waals surface area contributed by atoms with Crippen LogP contribution >= 0.6 is 23.2 Å². The van der Waals surface area contributed by atoms with Crippen molar-refractivity contribution in [3.63, 3.8) is 0 Å². The third-order valence-electron chi connectivity index (χ3n) is 6.45. The van der Waals surface area contributed by atoms with Crippen molar-refractivity contribution in [3.8, 4) is 5.75 Å². The fourth-order valence-electron chi connectivity index (χ4n) is 4.28. The Bertz CT molecular complexity index is 1480. The number of ether oxygens (including phenoxy) is 1. The third kappa shape index (κ3) is 7.40. The molecule has 1 atom stereocenters. The van der Waals surface area contributed by atoms with E-state index in [1.807, 2.05) is 68.6 Å². The first-order valence-corrected chi connectivity index (χ1v) is 13.4. The van der Waals surface area contributed by atoms with Crippen molar-refractivity contribution in [1.82, 2.24) is 15.3 Å². The largest absolute Gasteiger partial charge is 0.492 e. The van der Waals surface area contributed by atoms with E-state index >= 15 is 0 Å². The van der Waals surface area contributed by atoms with Crippen LogP contribution in [0, 0.1) is 6.92 Å². The van der Waals surface area contributed by atoms with Gasteiger partial charge in [-0.15, -0.1) is 0 Å². The van der Waals surface area contributed by atoms with Gasteiger partial charge < -0.3 is 14.6 Å². The minimum Gasteiger partial charge on any atom is -0.492 e. The van der Waals surface area contributed by atoms with Crippen LogP contribution in [0.5, 0.6) is 5.75 Å². The van der Waals surface area contributed by atoms with Gasteiger partial charge in [0.1, 0.15) is 11.8 Å². The fourth-order valence-corrected chi connectivity index (χ4v) is 4.75. The Kier molecular flexibility index (Phi) is 9.63. The highest BCUT2D eigenvalue weighted by Crippen LogP contribution is 2.27. The maximum atomic E-state index is 13.1. The molecule has 2 amide bonds. The van der Waals surface area contributed by atoms with E-state index in [4.69, 9.17) is 27.9 Å². The van der Waals surface area contributed by atoms with Gasteiger partial charge in [0.25, 0.3) is 5.91 Å². The Labute approximate surface area is 237 Å². The summed E-state index contributed by atoms with van der Waals surface area (Å²) in [7, 11) is 1.99. The lowest BCUT2D eigenvalue weighted by molar-refractivity contribution is -0.129. The molecule has 4 aromatic rings. The highest BCUT2D eigenvalue weighted by Gasteiger charge is 2.21. The first kappa shape index (κ1) is 28.2. The highest BCUT2D eigenvalue weighted by molar-refractivity contribution is 6.35. The van der Waals surface area contributed by atoms with Crippen molar-refractivity contribution in [2.75, 3.05) is 6.61 Å². The minimum atomic E-state index is -0.794. The monoisotopic (exact) mass is 564 g/mol. The third-order valence-corrected chi connectivity index (χ3v) is 6.98. The number of hydrogen-bond donors (Lipinski definition) is 2. The van der Waals surface area contributed by atoms with Gasteiger partial charge in [0.15, 0.2) is 0 Å². The zero-order valence-electron chi connectivity index (χ0n) is 21.8. The number of hydrazone groups is 1. The van der Waals surface area contributed by atoms with E-state index in [-0.39, 0.29) is 12.3 Å². The number of halogens is 2. The van der Waals surface area contributed by atoms with E-state index in [2.05, 4.69) is 20.4 Å². The van der Waals surface area contributed by atoms with E-state index in [9.17, 15) is 9.59 Å². The van der Waals surface area contributed by atoms with Gasteiger partial charge in [-0.05, 0) is 43.2 Å². The molecule has 3 aromatic carbocycles. The van der Waals surface area contributed by atoms with Gasteiger partial charge >= 0.3 is 0 Å². The molecule has 2 N–H and O–H groups in total. The van der Waals surface area contributed by atoms with Crippen molar-refractivity contribution in [2.45, 2.75) is 32.2 Å². The smallest absolute Gasteiger partial charge is 0.262 e. The normalized spacial score (nSPS) is 12.0. The molecule has 0 aliphatic carbocycles. The number of rotatable bonds is 11. The molecule has 4 rings (SSSR count). The zero-order chi connectivity index (χ0) is 27.8. The number of para-hydroxylation sites is 1. The van der Waals surface area contributed by atoms with E-state index in [1.54, 1.807) is 24.4 Å². The molecule has 0 unspecified atom stereocenters. The van der Waals surface area contributed by atoms with Gasteiger partial charge in [-0.2, -0.15) is 5.10 Å². The Hall–Kier alpha value is -3.81. The minimum absolute atomic E-state index is 0.183. The van der Waals surface area contributed by atoms with Crippen LogP contribution in [-0.2, 0) is 23.1 Å². The summed E-state index contributed by atoms with van der Waals surface area (Å²) in [5.41, 5.74) is 6.58. The summed E-state index contributed by atoms with van der Waals surface area (Å²) in [6.07, 6.45) is 2.61. The van der Waals surface area contributed by atoms with E-state index in [0.29, 0.717) is 35.2 Å². The van der Waals surface area contributed by atoms with Gasteiger partial charge in [-0.25, -0.2) is 5.43 Å². The summed E-state index contributed by atoms with van der Waals surface area (Å²) in [4.78, 5) is 25.8. The average molecular weight is 566 g/mol. The van der Waals surface area contributed by atoms with Crippen LogP contribution in [0.25, 0.3) is 10.9 Å². The second-order valence-corrected chi connectivity index (χ2v) is 9.99. The average Bonchev–Trinajstić information content (AvgIpc) is 3.17. The molecule has 39 heavy (non-hydrogen) atoms. The first-order valence-electron chi connectivity index (χ1n) is 12.6. The molecule has 202 valence electrons. The molecule has 9 heteroatoms. The molecule has 0 saturated heterocycles. The van der Waals surface area contributed by atoms with Gasteiger partial charge in [0.05, 0.1) is 17.8 Å². The van der Waals surface area contributed by atoms with Crippen LogP contribution in [0.2, 0.25) is 10.0 Å². The molecular weight excluding hydrogens is 535 g/mol. The lowest BCUT2D eigenvalue weighted by Gasteiger charge is -2.17. The lowest BCUT2D eigenvalue weighted by atomic mass is 10.1. The van der Waals surface area contributed by atoms with Gasteiger partial charge in [-0.1, -0.05) is 71.7 Å². The van der Waals surface area contributed by atoms with Crippen LogP contribution in [0.3, 0.4) is 0 Å². The Morgan fingerprint density at radius 3 is 2.56 bits per heavy atom. The maximum Gasteiger partial charge on any atom is 0.262 e. The number of hydrogen-bond acceptors (Lipinski definition) is 4. The molecule has 0 aliphatic heterocycles. The van der Waals surface area contributed by atoms with Crippen molar-refractivity contribution in [1.29, 1.82) is 0 Å². The summed E-state index contributed by atoms with van der Waals surface area (Å²) >= 11 is 12.0. The number of fused-ring (bicyclic) bond motifs is 1. The first-order chi connectivity index (χ1) is 18.8. The number of benzene rings is 3. The van der Waals surface area contributed by atoms with Crippen LogP contribution < -0.4 is 15.5 Å². The van der Waals surface area contributed by atoms with E-state index in [1.165, 1.54) is 0 Å². The van der Waals surface area contributed by atoms with Crippen LogP contribution in [0.15, 0.2) is 77.9 Å². The second-order valence-electron chi connectivity index (χ2n) is 9.15. The molecule has 0 saturated carbocycles. The summed E-state index contributed by atoms with van der Waals surface area (Å²) in [6, 6.07) is 21.7. The zero-order valence-corrected chi connectivity index (χ0v) is 23.3. The van der Waals surface area contributed by atoms with E-state index < -0.39 is 11.9 Å².